The second-order valence-corrected chi connectivity index (χ2v) is 10.1. The maximum Gasteiger partial charge on any atom is 0.187 e. The molecule has 0 aromatic carbocycles. The third-order valence-corrected chi connectivity index (χ3v) is 4.88. The van der Waals surface area contributed by atoms with Gasteiger partial charge in [-0.2, -0.15) is 0 Å². The average molecular weight is 218 g/mol. The molecule has 0 heterocycles. The molecule has 1 atom stereocenters. The van der Waals surface area contributed by atoms with E-state index >= 15 is 0 Å². The van der Waals surface area contributed by atoms with Crippen LogP contribution in [0.2, 0.25) is 19.1 Å². The molecule has 3 heteroatoms. The van der Waals surface area contributed by atoms with E-state index < -0.39 is 8.32 Å². The summed E-state index contributed by atoms with van der Waals surface area (Å²) in [6.45, 7) is 13.8. The second-order valence-electron chi connectivity index (χ2n) is 5.98. The Balaban J connectivity index is 3.84. The number of aliphatic hydroxyl groups excluding tert-OH is 1. The normalized spacial score (nSPS) is 15.6. The molecule has 86 valence electrons. The van der Waals surface area contributed by atoms with Gasteiger partial charge in [0, 0.05) is 6.61 Å². The zero-order valence-electron chi connectivity index (χ0n) is 10.6. The first kappa shape index (κ1) is 14.1. The molecule has 2 nitrogen and oxygen atoms in total. The van der Waals surface area contributed by atoms with Crippen molar-refractivity contribution in [3.8, 4) is 0 Å². The van der Waals surface area contributed by atoms with Crippen LogP contribution in [0.1, 0.15) is 34.1 Å². The van der Waals surface area contributed by atoms with Crippen LogP contribution in [0.3, 0.4) is 0 Å². The maximum absolute atomic E-state index is 9.12. The van der Waals surface area contributed by atoms with Crippen molar-refractivity contribution in [3.63, 3.8) is 0 Å². The summed E-state index contributed by atoms with van der Waals surface area (Å²) in [4.78, 5) is 0. The van der Waals surface area contributed by atoms with Crippen molar-refractivity contribution >= 4 is 8.32 Å². The lowest BCUT2D eigenvalue weighted by Gasteiger charge is -2.30. The Bertz CT molecular complexity index is 159. The smallest absolute Gasteiger partial charge is 0.187 e. The first-order chi connectivity index (χ1) is 6.12. The van der Waals surface area contributed by atoms with Crippen LogP contribution < -0.4 is 0 Å². The largest absolute Gasteiger partial charge is 0.417 e. The molecule has 0 rings (SSSR count). The van der Waals surface area contributed by atoms with Gasteiger partial charge < -0.3 is 9.53 Å². The average Bonchev–Trinajstić information content (AvgIpc) is 1.78. The Morgan fingerprint density at radius 3 is 2.14 bits per heavy atom. The topological polar surface area (TPSA) is 29.5 Å². The van der Waals surface area contributed by atoms with Gasteiger partial charge >= 0.3 is 0 Å². The molecule has 0 aliphatic heterocycles. The minimum atomic E-state index is -1.52. The third-order valence-electron chi connectivity index (χ3n) is 1.98. The molecular weight excluding hydrogens is 192 g/mol. The summed E-state index contributed by atoms with van der Waals surface area (Å²) in [5, 5.41) is 9.12. The molecule has 0 aliphatic carbocycles. The Morgan fingerprint density at radius 2 is 1.79 bits per heavy atom. The zero-order valence-corrected chi connectivity index (χ0v) is 11.6. The molecule has 14 heavy (non-hydrogen) atoms. The van der Waals surface area contributed by atoms with E-state index in [0.29, 0.717) is 12.0 Å². The summed E-state index contributed by atoms with van der Waals surface area (Å²) in [5.74, 6) is 0. The lowest BCUT2D eigenvalue weighted by molar-refractivity contribution is 0.152. The molecule has 1 unspecified atom stereocenters. The monoisotopic (exact) mass is 218 g/mol. The van der Waals surface area contributed by atoms with Crippen LogP contribution in [0, 0.1) is 5.41 Å². The summed E-state index contributed by atoms with van der Waals surface area (Å²) in [7, 11) is -1.52. The number of aliphatic hydroxyl groups is 1. The van der Waals surface area contributed by atoms with Crippen LogP contribution >= 0.6 is 0 Å². The van der Waals surface area contributed by atoms with Gasteiger partial charge in [-0.25, -0.2) is 0 Å². The van der Waals surface area contributed by atoms with E-state index in [2.05, 4.69) is 33.9 Å². The zero-order chi connectivity index (χ0) is 11.4. The standard InChI is InChI=1S/C11H26O2Si/c1-10(12)7-8-13-14(5,6)9-11(2,3)4/h10,12H,7-9H2,1-6H3. The Morgan fingerprint density at radius 1 is 1.29 bits per heavy atom. The van der Waals surface area contributed by atoms with Crippen molar-refractivity contribution in [2.24, 2.45) is 5.41 Å². The van der Waals surface area contributed by atoms with Gasteiger partial charge in [0.15, 0.2) is 8.32 Å². The third kappa shape index (κ3) is 8.72. The van der Waals surface area contributed by atoms with Crippen molar-refractivity contribution in [2.75, 3.05) is 6.61 Å². The number of hydrogen-bond donors (Lipinski definition) is 1. The molecule has 0 saturated carbocycles. The molecule has 0 aromatic heterocycles. The van der Waals surface area contributed by atoms with Crippen LogP contribution in [-0.4, -0.2) is 26.1 Å². The molecule has 1 N–H and O–H groups in total. The summed E-state index contributed by atoms with van der Waals surface area (Å²) >= 11 is 0. The molecule has 0 radical (unpaired) electrons. The highest BCUT2D eigenvalue weighted by Crippen LogP contribution is 2.28. The van der Waals surface area contributed by atoms with Crippen LogP contribution in [0.15, 0.2) is 0 Å². The fourth-order valence-corrected chi connectivity index (χ4v) is 5.16. The molecular formula is C11H26O2Si. The predicted octanol–water partition coefficient (Wildman–Crippen LogP) is 3.03. The van der Waals surface area contributed by atoms with Crippen LogP contribution in [0.25, 0.3) is 0 Å². The van der Waals surface area contributed by atoms with Crippen LogP contribution in [-0.2, 0) is 4.43 Å². The maximum atomic E-state index is 9.12. The summed E-state index contributed by atoms with van der Waals surface area (Å²) < 4.78 is 5.90. The molecule has 0 aromatic rings. The van der Waals surface area contributed by atoms with Gasteiger partial charge in [0.25, 0.3) is 0 Å². The van der Waals surface area contributed by atoms with E-state index in [-0.39, 0.29) is 6.10 Å². The van der Waals surface area contributed by atoms with Crippen LogP contribution in [0.4, 0.5) is 0 Å². The highest BCUT2D eigenvalue weighted by molar-refractivity contribution is 6.71. The molecule has 0 fully saturated rings. The molecule has 0 spiro atoms. The highest BCUT2D eigenvalue weighted by Gasteiger charge is 2.28. The number of rotatable bonds is 5. The Labute approximate surface area is 89.8 Å². The second kappa shape index (κ2) is 5.28. The minimum absolute atomic E-state index is 0.241. The van der Waals surface area contributed by atoms with E-state index in [1.54, 1.807) is 0 Å². The Kier molecular flexibility index (Phi) is 5.34. The molecule has 0 aliphatic rings. The van der Waals surface area contributed by atoms with Gasteiger partial charge in [0.05, 0.1) is 6.10 Å². The van der Waals surface area contributed by atoms with E-state index in [1.165, 1.54) is 6.04 Å². The van der Waals surface area contributed by atoms with Crippen molar-refractivity contribution in [3.05, 3.63) is 0 Å². The van der Waals surface area contributed by atoms with Gasteiger partial charge in [0.1, 0.15) is 0 Å². The van der Waals surface area contributed by atoms with Gasteiger partial charge in [-0.3, -0.25) is 0 Å². The van der Waals surface area contributed by atoms with Crippen molar-refractivity contribution in [2.45, 2.75) is 59.4 Å². The van der Waals surface area contributed by atoms with Gasteiger partial charge in [-0.1, -0.05) is 20.8 Å². The fraction of sp³-hybridized carbons (Fsp3) is 1.00. The quantitative estimate of drug-likeness (QED) is 0.719. The van der Waals surface area contributed by atoms with Crippen molar-refractivity contribution < 1.29 is 9.53 Å². The summed E-state index contributed by atoms with van der Waals surface area (Å²) in [6.07, 6.45) is 0.509. The predicted molar refractivity (Wildman–Crippen MR) is 64.0 cm³/mol. The number of hydrogen-bond acceptors (Lipinski definition) is 2. The lowest BCUT2D eigenvalue weighted by atomic mass is 10.0. The van der Waals surface area contributed by atoms with Crippen molar-refractivity contribution in [1.29, 1.82) is 0 Å². The highest BCUT2D eigenvalue weighted by atomic mass is 28.4. The minimum Gasteiger partial charge on any atom is -0.417 e. The molecule has 0 saturated heterocycles. The molecule has 0 bridgehead atoms. The van der Waals surface area contributed by atoms with E-state index in [9.17, 15) is 0 Å². The van der Waals surface area contributed by atoms with E-state index in [1.807, 2.05) is 6.92 Å². The van der Waals surface area contributed by atoms with E-state index in [4.69, 9.17) is 9.53 Å². The lowest BCUT2D eigenvalue weighted by Crippen LogP contribution is -2.35. The van der Waals surface area contributed by atoms with Gasteiger partial charge in [-0.05, 0) is 37.9 Å². The summed E-state index contributed by atoms with van der Waals surface area (Å²) in [5.41, 5.74) is 0.348. The molecule has 0 amide bonds. The Hall–Kier alpha value is 0.137. The fourth-order valence-electron chi connectivity index (χ4n) is 1.83. The SMILES string of the molecule is CC(O)CCO[Si](C)(C)CC(C)(C)C. The van der Waals surface area contributed by atoms with Gasteiger partial charge in [0.2, 0.25) is 0 Å². The van der Waals surface area contributed by atoms with Crippen molar-refractivity contribution in [1.82, 2.24) is 0 Å². The first-order valence-electron chi connectivity index (χ1n) is 5.44. The van der Waals surface area contributed by atoms with Crippen LogP contribution in [0.5, 0.6) is 0 Å². The van der Waals surface area contributed by atoms with E-state index in [0.717, 1.165) is 6.42 Å². The first-order valence-corrected chi connectivity index (χ1v) is 8.56. The summed E-state index contributed by atoms with van der Waals surface area (Å²) in [6, 6.07) is 1.17. The van der Waals surface area contributed by atoms with Gasteiger partial charge in [-0.15, -0.1) is 0 Å².